The van der Waals surface area contributed by atoms with Crippen LogP contribution in [-0.2, 0) is 0 Å². The molecule has 2 amide bonds. The van der Waals surface area contributed by atoms with Gasteiger partial charge >= 0.3 is 6.03 Å². The fourth-order valence-corrected chi connectivity index (χ4v) is 1.44. The summed E-state index contributed by atoms with van der Waals surface area (Å²) in [6.07, 6.45) is 2.94. The predicted molar refractivity (Wildman–Crippen MR) is 69.9 cm³/mol. The van der Waals surface area contributed by atoms with Crippen molar-refractivity contribution in [3.8, 4) is 0 Å². The zero-order valence-electron chi connectivity index (χ0n) is 10.0. The average Bonchev–Trinajstić information content (AvgIpc) is 2.42. The van der Waals surface area contributed by atoms with Gasteiger partial charge in [-0.05, 0) is 18.2 Å². The second-order valence-corrected chi connectivity index (χ2v) is 3.74. The van der Waals surface area contributed by atoms with E-state index in [0.29, 0.717) is 5.69 Å². The Labute approximate surface area is 112 Å². The normalized spacial score (nSPS) is 9.85. The van der Waals surface area contributed by atoms with Gasteiger partial charge in [-0.25, -0.2) is 9.18 Å². The van der Waals surface area contributed by atoms with Gasteiger partial charge < -0.3 is 10.6 Å². The molecule has 8 heteroatoms. The molecule has 2 N–H and O–H groups in total. The Bertz CT molecular complexity index is 648. The first-order valence-electron chi connectivity index (χ1n) is 5.48. The molecule has 1 aromatic carbocycles. The van der Waals surface area contributed by atoms with Gasteiger partial charge in [0.1, 0.15) is 5.82 Å². The van der Waals surface area contributed by atoms with Gasteiger partial charge in [0.05, 0.1) is 22.5 Å². The van der Waals surface area contributed by atoms with Gasteiger partial charge in [-0.2, -0.15) is 0 Å². The van der Waals surface area contributed by atoms with Crippen LogP contribution in [-0.4, -0.2) is 15.9 Å². The summed E-state index contributed by atoms with van der Waals surface area (Å²) < 4.78 is 13.5. The number of nitro benzene ring substituents is 1. The number of non-ortho nitro benzene ring substituents is 1. The first kappa shape index (κ1) is 13.4. The van der Waals surface area contributed by atoms with Crippen LogP contribution in [0.2, 0.25) is 0 Å². The molecular weight excluding hydrogens is 267 g/mol. The summed E-state index contributed by atoms with van der Waals surface area (Å²) in [6.45, 7) is 0. The summed E-state index contributed by atoms with van der Waals surface area (Å²) >= 11 is 0. The van der Waals surface area contributed by atoms with Crippen molar-refractivity contribution in [2.24, 2.45) is 0 Å². The van der Waals surface area contributed by atoms with E-state index >= 15 is 0 Å². The summed E-state index contributed by atoms with van der Waals surface area (Å²) in [6, 6.07) is 5.35. The minimum absolute atomic E-state index is 0.277. The van der Waals surface area contributed by atoms with Crippen molar-refractivity contribution in [1.82, 2.24) is 4.98 Å². The van der Waals surface area contributed by atoms with Crippen molar-refractivity contribution in [3.63, 3.8) is 0 Å². The number of amides is 2. The number of aromatic nitrogens is 1. The number of pyridine rings is 1. The highest BCUT2D eigenvalue weighted by molar-refractivity contribution is 5.99. The fourth-order valence-electron chi connectivity index (χ4n) is 1.44. The molecule has 0 aliphatic carbocycles. The first-order chi connectivity index (χ1) is 9.56. The van der Waals surface area contributed by atoms with Crippen molar-refractivity contribution < 1.29 is 14.1 Å². The number of carbonyl (C=O) groups is 1. The van der Waals surface area contributed by atoms with Gasteiger partial charge in [-0.3, -0.25) is 15.1 Å². The number of benzene rings is 1. The van der Waals surface area contributed by atoms with Crippen molar-refractivity contribution in [2.75, 3.05) is 10.6 Å². The summed E-state index contributed by atoms with van der Waals surface area (Å²) in [5, 5.41) is 15.2. The molecule has 0 saturated carbocycles. The van der Waals surface area contributed by atoms with Crippen molar-refractivity contribution >= 4 is 23.1 Å². The van der Waals surface area contributed by atoms with E-state index in [-0.39, 0.29) is 11.4 Å². The largest absolute Gasteiger partial charge is 0.323 e. The molecule has 0 aliphatic heterocycles. The van der Waals surface area contributed by atoms with Crippen LogP contribution >= 0.6 is 0 Å². The Hall–Kier alpha value is -3.03. The summed E-state index contributed by atoms with van der Waals surface area (Å²) in [4.78, 5) is 25.3. The van der Waals surface area contributed by atoms with Crippen LogP contribution in [0.5, 0.6) is 0 Å². The highest BCUT2D eigenvalue weighted by atomic mass is 19.1. The maximum absolute atomic E-state index is 13.5. The van der Waals surface area contributed by atoms with Crippen LogP contribution in [0.3, 0.4) is 0 Å². The standard InChI is InChI=1S/C12H9FN4O3/c13-10-4-3-9(17(19)20)6-11(10)16-12(18)15-8-2-1-5-14-7-8/h1-7H,(H2,15,16,18). The van der Waals surface area contributed by atoms with Crippen LogP contribution in [0.15, 0.2) is 42.7 Å². The molecule has 1 aromatic heterocycles. The number of urea groups is 1. The molecule has 102 valence electrons. The molecule has 0 radical (unpaired) electrons. The quantitative estimate of drug-likeness (QED) is 0.665. The third-order valence-corrected chi connectivity index (χ3v) is 2.33. The lowest BCUT2D eigenvalue weighted by Crippen LogP contribution is -2.20. The number of carbonyl (C=O) groups excluding carboxylic acids is 1. The second kappa shape index (κ2) is 5.74. The van der Waals surface area contributed by atoms with Gasteiger partial charge in [0, 0.05) is 18.3 Å². The molecule has 1 heterocycles. The van der Waals surface area contributed by atoms with E-state index in [4.69, 9.17) is 0 Å². The van der Waals surface area contributed by atoms with E-state index < -0.39 is 16.8 Å². The first-order valence-corrected chi connectivity index (χ1v) is 5.48. The van der Waals surface area contributed by atoms with E-state index in [2.05, 4.69) is 15.6 Å². The number of anilines is 2. The molecule has 2 aromatic rings. The molecule has 2 rings (SSSR count). The number of nitro groups is 1. The molecule has 20 heavy (non-hydrogen) atoms. The summed E-state index contributed by atoms with van der Waals surface area (Å²) in [5.41, 5.74) is -0.181. The minimum Gasteiger partial charge on any atom is -0.306 e. The molecule has 0 unspecified atom stereocenters. The van der Waals surface area contributed by atoms with Gasteiger partial charge in [0.2, 0.25) is 0 Å². The van der Waals surface area contributed by atoms with Crippen LogP contribution in [0.4, 0.5) is 26.2 Å². The Morgan fingerprint density at radius 1 is 1.30 bits per heavy atom. The minimum atomic E-state index is -0.767. The van der Waals surface area contributed by atoms with Gasteiger partial charge in [-0.15, -0.1) is 0 Å². The Kier molecular flexibility index (Phi) is 3.85. The van der Waals surface area contributed by atoms with Gasteiger partial charge in [0.15, 0.2) is 0 Å². The van der Waals surface area contributed by atoms with Crippen molar-refractivity contribution in [2.45, 2.75) is 0 Å². The van der Waals surface area contributed by atoms with Crippen molar-refractivity contribution in [3.05, 3.63) is 58.7 Å². The van der Waals surface area contributed by atoms with Crippen LogP contribution in [0, 0.1) is 15.9 Å². The molecule has 0 bridgehead atoms. The molecule has 0 saturated heterocycles. The highest BCUT2D eigenvalue weighted by Crippen LogP contribution is 2.21. The third-order valence-electron chi connectivity index (χ3n) is 2.33. The third kappa shape index (κ3) is 3.25. The number of nitrogens with one attached hydrogen (secondary N) is 2. The van der Waals surface area contributed by atoms with Gasteiger partial charge in [0.25, 0.3) is 5.69 Å². The van der Waals surface area contributed by atoms with E-state index in [1.54, 1.807) is 12.1 Å². The lowest BCUT2D eigenvalue weighted by atomic mass is 10.2. The average molecular weight is 276 g/mol. The smallest absolute Gasteiger partial charge is 0.306 e. The maximum Gasteiger partial charge on any atom is 0.323 e. The predicted octanol–water partition coefficient (Wildman–Crippen LogP) is 2.77. The summed E-state index contributed by atoms with van der Waals surface area (Å²) in [7, 11) is 0. The molecule has 0 fully saturated rings. The molecule has 0 aliphatic rings. The molecular formula is C12H9FN4O3. The number of rotatable bonds is 3. The maximum atomic E-state index is 13.5. The van der Waals surface area contributed by atoms with E-state index in [1.165, 1.54) is 12.4 Å². The van der Waals surface area contributed by atoms with Crippen LogP contribution < -0.4 is 10.6 Å². The number of halogens is 1. The molecule has 0 atom stereocenters. The SMILES string of the molecule is O=C(Nc1cccnc1)Nc1cc([N+](=O)[O-])ccc1F. The number of hydrogen-bond acceptors (Lipinski definition) is 4. The van der Waals surface area contributed by atoms with Crippen molar-refractivity contribution in [1.29, 1.82) is 0 Å². The van der Waals surface area contributed by atoms with Crippen LogP contribution in [0.1, 0.15) is 0 Å². The number of nitrogens with zero attached hydrogens (tertiary/aromatic N) is 2. The van der Waals surface area contributed by atoms with E-state index in [1.807, 2.05) is 0 Å². The number of hydrogen-bond donors (Lipinski definition) is 2. The van der Waals surface area contributed by atoms with Crippen LogP contribution in [0.25, 0.3) is 0 Å². The Morgan fingerprint density at radius 3 is 2.75 bits per heavy atom. The lowest BCUT2D eigenvalue weighted by molar-refractivity contribution is -0.384. The van der Waals surface area contributed by atoms with Gasteiger partial charge in [-0.1, -0.05) is 0 Å². The zero-order chi connectivity index (χ0) is 14.5. The van der Waals surface area contributed by atoms with E-state index in [9.17, 15) is 19.3 Å². The lowest BCUT2D eigenvalue weighted by Gasteiger charge is -2.07. The zero-order valence-corrected chi connectivity index (χ0v) is 10.0. The molecule has 7 nitrogen and oxygen atoms in total. The summed E-state index contributed by atoms with van der Waals surface area (Å²) in [5.74, 6) is -0.767. The topological polar surface area (TPSA) is 97.2 Å². The molecule has 0 spiro atoms. The fraction of sp³-hybridized carbons (Fsp3) is 0. The Morgan fingerprint density at radius 2 is 2.10 bits per heavy atom. The van der Waals surface area contributed by atoms with E-state index in [0.717, 1.165) is 18.2 Å². The highest BCUT2D eigenvalue weighted by Gasteiger charge is 2.13. The monoisotopic (exact) mass is 276 g/mol. The Balaban J connectivity index is 2.11. The second-order valence-electron chi connectivity index (χ2n) is 3.74.